The number of fused-ring (bicyclic) bond motifs is 1. The molecule has 2 rings (SSSR count). The van der Waals surface area contributed by atoms with E-state index < -0.39 is 0 Å². The van der Waals surface area contributed by atoms with Gasteiger partial charge in [0.2, 0.25) is 0 Å². The van der Waals surface area contributed by atoms with Crippen molar-refractivity contribution in [1.82, 2.24) is 10.6 Å². The number of methoxy groups -OCH3 is 1. The molecule has 0 amide bonds. The lowest BCUT2D eigenvalue weighted by molar-refractivity contribution is 0.179. The average Bonchev–Trinajstić information content (AvgIpc) is 2.86. The number of nitrogens with zero attached hydrogens (tertiary/aromatic N) is 1. The van der Waals surface area contributed by atoms with E-state index in [9.17, 15) is 0 Å². The Bertz CT molecular complexity index is 550. The van der Waals surface area contributed by atoms with Crippen LogP contribution in [0.15, 0.2) is 39.7 Å². The average molecular weight is 403 g/mol. The molecular weight excluding hydrogens is 381 g/mol. The van der Waals surface area contributed by atoms with Crippen LogP contribution < -0.4 is 10.6 Å². The number of nitrogens with one attached hydrogen (secondary N) is 2. The summed E-state index contributed by atoms with van der Waals surface area (Å²) >= 11 is 0. The SMILES string of the molecule is CN=C(NCc1cc2ccccc2o1)NC(C)COC.I. The minimum atomic E-state index is 0. The molecule has 0 radical (unpaired) electrons. The maximum Gasteiger partial charge on any atom is 0.191 e. The molecule has 0 fully saturated rings. The van der Waals surface area contributed by atoms with Gasteiger partial charge in [-0.1, -0.05) is 18.2 Å². The van der Waals surface area contributed by atoms with Gasteiger partial charge in [-0.3, -0.25) is 4.99 Å². The molecule has 0 bridgehead atoms. The van der Waals surface area contributed by atoms with Crippen molar-refractivity contribution in [1.29, 1.82) is 0 Å². The lowest BCUT2D eigenvalue weighted by Crippen LogP contribution is -2.43. The highest BCUT2D eigenvalue weighted by molar-refractivity contribution is 14.0. The van der Waals surface area contributed by atoms with Gasteiger partial charge in [0.05, 0.1) is 13.2 Å². The molecule has 0 spiro atoms. The monoisotopic (exact) mass is 403 g/mol. The summed E-state index contributed by atoms with van der Waals surface area (Å²) in [4.78, 5) is 4.18. The highest BCUT2D eigenvalue weighted by Crippen LogP contribution is 2.18. The van der Waals surface area contributed by atoms with Crippen molar-refractivity contribution in [3.8, 4) is 0 Å². The molecule has 0 aliphatic carbocycles. The number of benzene rings is 1. The minimum absolute atomic E-state index is 0. The lowest BCUT2D eigenvalue weighted by atomic mass is 10.2. The third kappa shape index (κ3) is 5.20. The summed E-state index contributed by atoms with van der Waals surface area (Å²) in [6.07, 6.45) is 0. The van der Waals surface area contributed by atoms with E-state index in [0.717, 1.165) is 22.7 Å². The predicted molar refractivity (Wildman–Crippen MR) is 96.3 cm³/mol. The molecule has 1 aromatic heterocycles. The number of para-hydroxylation sites is 1. The summed E-state index contributed by atoms with van der Waals surface area (Å²) in [6, 6.07) is 10.2. The summed E-state index contributed by atoms with van der Waals surface area (Å²) in [5, 5.41) is 7.58. The Balaban J connectivity index is 0.00000220. The van der Waals surface area contributed by atoms with Crippen molar-refractivity contribution in [2.45, 2.75) is 19.5 Å². The van der Waals surface area contributed by atoms with Crippen molar-refractivity contribution < 1.29 is 9.15 Å². The summed E-state index contributed by atoms with van der Waals surface area (Å²) in [6.45, 7) is 3.26. The lowest BCUT2D eigenvalue weighted by Gasteiger charge is -2.16. The molecule has 0 saturated heterocycles. The van der Waals surface area contributed by atoms with Gasteiger partial charge in [-0.2, -0.15) is 0 Å². The van der Waals surface area contributed by atoms with Crippen LogP contribution in [0.5, 0.6) is 0 Å². The molecule has 5 nitrogen and oxygen atoms in total. The predicted octanol–water partition coefficient (Wildman–Crippen LogP) is 2.75. The van der Waals surface area contributed by atoms with Crippen LogP contribution >= 0.6 is 24.0 Å². The molecule has 1 aromatic carbocycles. The summed E-state index contributed by atoms with van der Waals surface area (Å²) in [5.41, 5.74) is 0.903. The van der Waals surface area contributed by atoms with Crippen molar-refractivity contribution >= 4 is 40.9 Å². The first-order valence-electron chi connectivity index (χ1n) is 6.66. The summed E-state index contributed by atoms with van der Waals surface area (Å²) in [5.74, 6) is 1.61. The van der Waals surface area contributed by atoms with Gasteiger partial charge in [-0.15, -0.1) is 24.0 Å². The molecule has 1 unspecified atom stereocenters. The van der Waals surface area contributed by atoms with Gasteiger partial charge < -0.3 is 19.8 Å². The zero-order valence-corrected chi connectivity index (χ0v) is 14.9. The van der Waals surface area contributed by atoms with Crippen LogP contribution in [0, 0.1) is 0 Å². The molecule has 0 saturated carbocycles. The number of rotatable bonds is 5. The molecule has 116 valence electrons. The second-order valence-corrected chi connectivity index (χ2v) is 4.68. The highest BCUT2D eigenvalue weighted by atomic mass is 127. The first-order chi connectivity index (χ1) is 9.72. The van der Waals surface area contributed by atoms with Crippen molar-refractivity contribution in [3.05, 3.63) is 36.1 Å². The third-order valence-electron chi connectivity index (χ3n) is 2.93. The van der Waals surface area contributed by atoms with Crippen LogP contribution in [0.2, 0.25) is 0 Å². The molecule has 2 N–H and O–H groups in total. The molecular formula is C15H22IN3O2. The van der Waals surface area contributed by atoms with E-state index in [1.807, 2.05) is 37.3 Å². The van der Waals surface area contributed by atoms with E-state index >= 15 is 0 Å². The summed E-state index contributed by atoms with van der Waals surface area (Å²) < 4.78 is 10.8. The van der Waals surface area contributed by atoms with Gasteiger partial charge in [-0.05, 0) is 19.1 Å². The first-order valence-corrected chi connectivity index (χ1v) is 6.66. The first kappa shape index (κ1) is 17.8. The van der Waals surface area contributed by atoms with E-state index in [1.54, 1.807) is 14.2 Å². The number of halogens is 1. The van der Waals surface area contributed by atoms with Crippen LogP contribution in [0.1, 0.15) is 12.7 Å². The Morgan fingerprint density at radius 2 is 2.14 bits per heavy atom. The molecule has 0 aliphatic rings. The highest BCUT2D eigenvalue weighted by Gasteiger charge is 2.06. The maximum atomic E-state index is 5.75. The largest absolute Gasteiger partial charge is 0.459 e. The number of guanidine groups is 1. The molecule has 2 aromatic rings. The van der Waals surface area contributed by atoms with E-state index in [-0.39, 0.29) is 30.0 Å². The van der Waals surface area contributed by atoms with Crippen LogP contribution in [0.3, 0.4) is 0 Å². The fraction of sp³-hybridized carbons (Fsp3) is 0.400. The molecule has 21 heavy (non-hydrogen) atoms. The van der Waals surface area contributed by atoms with Crippen LogP contribution in [0.4, 0.5) is 0 Å². The number of furan rings is 1. The van der Waals surface area contributed by atoms with Crippen LogP contribution in [-0.4, -0.2) is 32.8 Å². The van der Waals surface area contributed by atoms with Crippen molar-refractivity contribution in [2.75, 3.05) is 20.8 Å². The Morgan fingerprint density at radius 1 is 1.38 bits per heavy atom. The van der Waals surface area contributed by atoms with Crippen molar-refractivity contribution in [2.24, 2.45) is 4.99 Å². The Labute approximate surface area is 142 Å². The molecule has 1 heterocycles. The fourth-order valence-electron chi connectivity index (χ4n) is 2.01. The second-order valence-electron chi connectivity index (χ2n) is 4.68. The van der Waals surface area contributed by atoms with Gasteiger partial charge in [0, 0.05) is 25.6 Å². The second kappa shape index (κ2) is 8.89. The maximum absolute atomic E-state index is 5.75. The number of ether oxygens (including phenoxy) is 1. The van der Waals surface area contributed by atoms with E-state index in [2.05, 4.69) is 15.6 Å². The third-order valence-corrected chi connectivity index (χ3v) is 2.93. The van der Waals surface area contributed by atoms with E-state index in [4.69, 9.17) is 9.15 Å². The standard InChI is InChI=1S/C15H21N3O2.HI/c1-11(10-19-3)18-15(16-2)17-9-13-8-12-6-4-5-7-14(12)20-13;/h4-8,11H,9-10H2,1-3H3,(H2,16,17,18);1H. The zero-order valence-electron chi connectivity index (χ0n) is 12.6. The van der Waals surface area contributed by atoms with Crippen LogP contribution in [-0.2, 0) is 11.3 Å². The molecule has 6 heteroatoms. The normalized spacial score (nSPS) is 12.8. The number of aliphatic imine (C=N–C) groups is 1. The molecule has 0 aliphatic heterocycles. The fourth-order valence-corrected chi connectivity index (χ4v) is 2.01. The minimum Gasteiger partial charge on any atom is -0.459 e. The Kier molecular flexibility index (Phi) is 7.52. The Hall–Kier alpha value is -1.28. The van der Waals surface area contributed by atoms with Gasteiger partial charge in [0.25, 0.3) is 0 Å². The van der Waals surface area contributed by atoms with E-state index in [0.29, 0.717) is 13.2 Å². The molecule has 1 atom stereocenters. The van der Waals surface area contributed by atoms with Crippen molar-refractivity contribution in [3.63, 3.8) is 0 Å². The van der Waals surface area contributed by atoms with Gasteiger partial charge >= 0.3 is 0 Å². The van der Waals surface area contributed by atoms with Crippen LogP contribution in [0.25, 0.3) is 11.0 Å². The quantitative estimate of drug-likeness (QED) is 0.458. The number of hydrogen-bond acceptors (Lipinski definition) is 3. The zero-order chi connectivity index (χ0) is 14.4. The van der Waals surface area contributed by atoms with Gasteiger partial charge in [0.15, 0.2) is 5.96 Å². The number of hydrogen-bond donors (Lipinski definition) is 2. The van der Waals surface area contributed by atoms with Gasteiger partial charge in [0.1, 0.15) is 11.3 Å². The van der Waals surface area contributed by atoms with Gasteiger partial charge in [-0.25, -0.2) is 0 Å². The smallest absolute Gasteiger partial charge is 0.191 e. The van der Waals surface area contributed by atoms with E-state index in [1.165, 1.54) is 0 Å². The Morgan fingerprint density at radius 3 is 2.81 bits per heavy atom. The summed E-state index contributed by atoms with van der Waals surface area (Å²) in [7, 11) is 3.43. The topological polar surface area (TPSA) is 58.8 Å².